The van der Waals surface area contributed by atoms with Crippen LogP contribution in [0.2, 0.25) is 0 Å². The van der Waals surface area contributed by atoms with E-state index in [0.29, 0.717) is 29.5 Å². The zero-order valence-electron chi connectivity index (χ0n) is 13.8. The van der Waals surface area contributed by atoms with E-state index in [2.05, 4.69) is 24.1 Å². The molecule has 0 radical (unpaired) electrons. The fourth-order valence-corrected chi connectivity index (χ4v) is 2.39. The van der Waals surface area contributed by atoms with Crippen LogP contribution in [0.3, 0.4) is 0 Å². The highest BCUT2D eigenvalue weighted by Gasteiger charge is 2.10. The molecule has 0 spiro atoms. The average molecular weight is 320 g/mol. The van der Waals surface area contributed by atoms with Crippen LogP contribution in [-0.4, -0.2) is 17.5 Å². The topological polar surface area (TPSA) is 51.2 Å². The number of fused-ring (bicyclic) bond motifs is 1. The van der Waals surface area contributed by atoms with Crippen molar-refractivity contribution in [3.8, 4) is 5.75 Å². The minimum atomic E-state index is -0.178. The lowest BCUT2D eigenvalue weighted by atomic mass is 10.1. The molecule has 2 aromatic carbocycles. The molecule has 3 aromatic rings. The molecule has 1 N–H and O–H groups in total. The van der Waals surface area contributed by atoms with E-state index in [1.165, 1.54) is 0 Å². The van der Waals surface area contributed by atoms with Crippen molar-refractivity contribution in [2.45, 2.75) is 13.8 Å². The maximum Gasteiger partial charge on any atom is 0.255 e. The summed E-state index contributed by atoms with van der Waals surface area (Å²) in [5.41, 5.74) is 2.04. The lowest BCUT2D eigenvalue weighted by Gasteiger charge is -2.11. The van der Waals surface area contributed by atoms with E-state index in [1.54, 1.807) is 18.3 Å². The van der Waals surface area contributed by atoms with Gasteiger partial charge in [-0.25, -0.2) is 0 Å². The second-order valence-electron chi connectivity index (χ2n) is 6.07. The van der Waals surface area contributed by atoms with Crippen molar-refractivity contribution in [1.29, 1.82) is 0 Å². The summed E-state index contributed by atoms with van der Waals surface area (Å²) in [6.45, 7) is 4.80. The molecule has 122 valence electrons. The molecular formula is C20H20N2O2. The van der Waals surface area contributed by atoms with Crippen molar-refractivity contribution in [3.63, 3.8) is 0 Å². The summed E-state index contributed by atoms with van der Waals surface area (Å²) in [7, 11) is 0. The van der Waals surface area contributed by atoms with Crippen LogP contribution in [0.1, 0.15) is 24.2 Å². The maximum absolute atomic E-state index is 12.6. The first kappa shape index (κ1) is 16.0. The molecule has 0 aliphatic carbocycles. The van der Waals surface area contributed by atoms with E-state index in [4.69, 9.17) is 4.74 Å². The minimum Gasteiger partial charge on any atom is -0.493 e. The predicted molar refractivity (Wildman–Crippen MR) is 96.5 cm³/mol. The maximum atomic E-state index is 12.6. The lowest BCUT2D eigenvalue weighted by molar-refractivity contribution is 0.102. The Kier molecular flexibility index (Phi) is 4.75. The summed E-state index contributed by atoms with van der Waals surface area (Å²) in [5.74, 6) is 0.958. The number of amides is 1. The van der Waals surface area contributed by atoms with Crippen molar-refractivity contribution in [1.82, 2.24) is 4.98 Å². The molecule has 0 saturated heterocycles. The number of anilines is 1. The lowest BCUT2D eigenvalue weighted by Crippen LogP contribution is -2.13. The highest BCUT2D eigenvalue weighted by atomic mass is 16.5. The number of nitrogens with zero attached hydrogens (tertiary/aromatic N) is 1. The minimum absolute atomic E-state index is 0.178. The van der Waals surface area contributed by atoms with E-state index in [9.17, 15) is 4.79 Å². The predicted octanol–water partition coefficient (Wildman–Crippen LogP) is 4.52. The smallest absolute Gasteiger partial charge is 0.255 e. The van der Waals surface area contributed by atoms with Gasteiger partial charge in [0.25, 0.3) is 5.91 Å². The van der Waals surface area contributed by atoms with Gasteiger partial charge in [-0.1, -0.05) is 38.1 Å². The molecule has 0 atom stereocenters. The normalized spacial score (nSPS) is 10.8. The SMILES string of the molecule is CC(C)COc1cccc(C(=O)Nc2cccc3cccnc23)c1. The number of carbonyl (C=O) groups excluding carboxylic acids is 1. The number of para-hydroxylation sites is 1. The van der Waals surface area contributed by atoms with Gasteiger partial charge in [-0.05, 0) is 36.2 Å². The molecule has 1 amide bonds. The van der Waals surface area contributed by atoms with Gasteiger partial charge >= 0.3 is 0 Å². The van der Waals surface area contributed by atoms with Crippen molar-refractivity contribution < 1.29 is 9.53 Å². The molecule has 0 fully saturated rings. The Bertz CT molecular complexity index is 854. The number of carbonyl (C=O) groups is 1. The second kappa shape index (κ2) is 7.13. The van der Waals surface area contributed by atoms with E-state index in [1.807, 2.05) is 42.5 Å². The average Bonchev–Trinajstić information content (AvgIpc) is 2.60. The van der Waals surface area contributed by atoms with Crippen molar-refractivity contribution in [3.05, 3.63) is 66.4 Å². The Balaban J connectivity index is 1.80. The van der Waals surface area contributed by atoms with Gasteiger partial charge in [0.15, 0.2) is 0 Å². The van der Waals surface area contributed by atoms with Crippen LogP contribution in [0.15, 0.2) is 60.8 Å². The molecule has 3 rings (SSSR count). The van der Waals surface area contributed by atoms with Gasteiger partial charge in [-0.3, -0.25) is 9.78 Å². The highest BCUT2D eigenvalue weighted by Crippen LogP contribution is 2.22. The third-order valence-electron chi connectivity index (χ3n) is 3.56. The van der Waals surface area contributed by atoms with E-state index in [-0.39, 0.29) is 5.91 Å². The number of ether oxygens (including phenoxy) is 1. The fourth-order valence-electron chi connectivity index (χ4n) is 2.39. The van der Waals surface area contributed by atoms with Crippen LogP contribution in [0.4, 0.5) is 5.69 Å². The Morgan fingerprint density at radius 2 is 1.92 bits per heavy atom. The summed E-state index contributed by atoms with van der Waals surface area (Å²) in [4.78, 5) is 16.9. The van der Waals surface area contributed by atoms with Crippen LogP contribution in [0.25, 0.3) is 10.9 Å². The molecular weight excluding hydrogens is 300 g/mol. The van der Waals surface area contributed by atoms with Gasteiger partial charge in [0.05, 0.1) is 17.8 Å². The van der Waals surface area contributed by atoms with Gasteiger partial charge in [0, 0.05) is 17.1 Å². The molecule has 0 bridgehead atoms. The molecule has 1 heterocycles. The van der Waals surface area contributed by atoms with Crippen LogP contribution in [0, 0.1) is 5.92 Å². The van der Waals surface area contributed by atoms with E-state index < -0.39 is 0 Å². The number of pyridine rings is 1. The van der Waals surface area contributed by atoms with Crippen LogP contribution in [0.5, 0.6) is 5.75 Å². The summed E-state index contributed by atoms with van der Waals surface area (Å²) >= 11 is 0. The number of aromatic nitrogens is 1. The standard InChI is InChI=1S/C20H20N2O2/c1-14(2)13-24-17-9-3-7-16(12-17)20(23)22-18-10-4-6-15-8-5-11-21-19(15)18/h3-12,14H,13H2,1-2H3,(H,22,23). The molecule has 0 saturated carbocycles. The summed E-state index contributed by atoms with van der Waals surface area (Å²) < 4.78 is 5.69. The largest absolute Gasteiger partial charge is 0.493 e. The zero-order chi connectivity index (χ0) is 16.9. The molecule has 4 nitrogen and oxygen atoms in total. The molecule has 0 aliphatic rings. The number of rotatable bonds is 5. The van der Waals surface area contributed by atoms with Crippen LogP contribution < -0.4 is 10.1 Å². The summed E-state index contributed by atoms with van der Waals surface area (Å²) in [5, 5.41) is 3.93. The summed E-state index contributed by atoms with van der Waals surface area (Å²) in [6.07, 6.45) is 1.72. The van der Waals surface area contributed by atoms with Crippen LogP contribution >= 0.6 is 0 Å². The first-order chi connectivity index (χ1) is 11.6. The first-order valence-electron chi connectivity index (χ1n) is 8.01. The Morgan fingerprint density at radius 3 is 2.75 bits per heavy atom. The molecule has 4 heteroatoms. The molecule has 1 aromatic heterocycles. The molecule has 0 aliphatic heterocycles. The van der Waals surface area contributed by atoms with Gasteiger partial charge in [0.2, 0.25) is 0 Å². The van der Waals surface area contributed by atoms with Gasteiger partial charge in [0.1, 0.15) is 5.75 Å². The number of nitrogens with one attached hydrogen (secondary N) is 1. The number of hydrogen-bond acceptors (Lipinski definition) is 3. The number of hydrogen-bond donors (Lipinski definition) is 1. The summed E-state index contributed by atoms with van der Waals surface area (Å²) in [6, 6.07) is 16.8. The van der Waals surface area contributed by atoms with Crippen LogP contribution in [-0.2, 0) is 0 Å². The quantitative estimate of drug-likeness (QED) is 0.752. The first-order valence-corrected chi connectivity index (χ1v) is 8.01. The molecule has 0 unspecified atom stereocenters. The van der Waals surface area contributed by atoms with E-state index in [0.717, 1.165) is 10.9 Å². The Labute approximate surface area is 141 Å². The second-order valence-corrected chi connectivity index (χ2v) is 6.07. The van der Waals surface area contributed by atoms with Crippen molar-refractivity contribution >= 4 is 22.5 Å². The fraction of sp³-hybridized carbons (Fsp3) is 0.200. The number of benzene rings is 2. The third kappa shape index (κ3) is 3.71. The van der Waals surface area contributed by atoms with Crippen molar-refractivity contribution in [2.24, 2.45) is 5.92 Å². The third-order valence-corrected chi connectivity index (χ3v) is 3.56. The van der Waals surface area contributed by atoms with E-state index >= 15 is 0 Å². The monoisotopic (exact) mass is 320 g/mol. The van der Waals surface area contributed by atoms with Gasteiger partial charge < -0.3 is 10.1 Å². The van der Waals surface area contributed by atoms with Crippen molar-refractivity contribution in [2.75, 3.05) is 11.9 Å². The zero-order valence-corrected chi connectivity index (χ0v) is 13.8. The Morgan fingerprint density at radius 1 is 1.12 bits per heavy atom. The van der Waals surface area contributed by atoms with Gasteiger partial charge in [-0.2, -0.15) is 0 Å². The molecule has 24 heavy (non-hydrogen) atoms. The van der Waals surface area contributed by atoms with Gasteiger partial charge in [-0.15, -0.1) is 0 Å². The Hall–Kier alpha value is -2.88. The highest BCUT2D eigenvalue weighted by molar-refractivity contribution is 6.08.